The molecule has 3 saturated carbocycles. The van der Waals surface area contributed by atoms with Gasteiger partial charge in [-0.3, -0.25) is 0 Å². The highest BCUT2D eigenvalue weighted by Gasteiger charge is 2.31. The van der Waals surface area contributed by atoms with Crippen molar-refractivity contribution < 1.29 is 0 Å². The minimum atomic E-state index is 0.616. The Kier molecular flexibility index (Phi) is 8.85. The fourth-order valence-corrected chi connectivity index (χ4v) is 7.15. The van der Waals surface area contributed by atoms with Crippen molar-refractivity contribution in [2.45, 2.75) is 135 Å². The van der Waals surface area contributed by atoms with Crippen molar-refractivity contribution in [1.29, 1.82) is 0 Å². The van der Waals surface area contributed by atoms with Gasteiger partial charge in [-0.2, -0.15) is 0 Å². The molecular weight excluding hydrogens is 376 g/mol. The average Bonchev–Trinajstić information content (AvgIpc) is 2.85. The van der Waals surface area contributed by atoms with Crippen LogP contribution < -0.4 is 0 Å². The Labute approximate surface area is 192 Å². The molecule has 0 atom stereocenters. The van der Waals surface area contributed by atoms with Gasteiger partial charge < -0.3 is 0 Å². The zero-order valence-electron chi connectivity index (χ0n) is 20.5. The van der Waals surface area contributed by atoms with Crippen molar-refractivity contribution in [2.75, 3.05) is 0 Å². The summed E-state index contributed by atoms with van der Waals surface area (Å²) in [5, 5.41) is 0. The zero-order valence-corrected chi connectivity index (χ0v) is 20.5. The standard InChI is InChI=1S/C29H48N2/c1-3-5-6-7-23-10-14-27(15-11-23)29-30-20-28(21-31-29)26-18-16-25(17-19-26)24-12-8-22(4-2)9-13-24/h20-27H,3-19H2,1-2H3. The van der Waals surface area contributed by atoms with Crippen LogP contribution in [0.2, 0.25) is 0 Å². The summed E-state index contributed by atoms with van der Waals surface area (Å²) < 4.78 is 0. The second-order valence-corrected chi connectivity index (χ2v) is 11.4. The average molecular weight is 425 g/mol. The van der Waals surface area contributed by atoms with Crippen LogP contribution in [0.15, 0.2) is 12.4 Å². The van der Waals surface area contributed by atoms with Gasteiger partial charge in [0.05, 0.1) is 0 Å². The summed E-state index contributed by atoms with van der Waals surface area (Å²) in [4.78, 5) is 9.79. The van der Waals surface area contributed by atoms with Gasteiger partial charge >= 0.3 is 0 Å². The number of rotatable bonds is 8. The van der Waals surface area contributed by atoms with Crippen LogP contribution in [0.4, 0.5) is 0 Å². The largest absolute Gasteiger partial charge is 0.241 e. The van der Waals surface area contributed by atoms with Crippen LogP contribution in [0.5, 0.6) is 0 Å². The van der Waals surface area contributed by atoms with E-state index in [1.54, 1.807) is 0 Å². The molecule has 0 amide bonds. The molecule has 0 aliphatic heterocycles. The third-order valence-electron chi connectivity index (χ3n) is 9.50. The molecule has 1 heterocycles. The number of aromatic nitrogens is 2. The van der Waals surface area contributed by atoms with Crippen molar-refractivity contribution in [3.05, 3.63) is 23.8 Å². The summed E-state index contributed by atoms with van der Waals surface area (Å²) >= 11 is 0. The molecule has 4 rings (SSSR count). The lowest BCUT2D eigenvalue weighted by Gasteiger charge is -2.37. The van der Waals surface area contributed by atoms with Crippen molar-refractivity contribution in [3.63, 3.8) is 0 Å². The number of hydrogen-bond donors (Lipinski definition) is 0. The molecule has 1 aromatic rings. The fraction of sp³-hybridized carbons (Fsp3) is 0.862. The Morgan fingerprint density at radius 3 is 1.77 bits per heavy atom. The normalized spacial score (nSPS) is 34.5. The molecule has 174 valence electrons. The maximum Gasteiger partial charge on any atom is 0.131 e. The van der Waals surface area contributed by atoms with E-state index in [0.717, 1.165) is 29.5 Å². The Morgan fingerprint density at radius 2 is 1.19 bits per heavy atom. The van der Waals surface area contributed by atoms with E-state index in [1.807, 2.05) is 0 Å². The van der Waals surface area contributed by atoms with Gasteiger partial charge in [-0.05, 0) is 99.4 Å². The molecule has 31 heavy (non-hydrogen) atoms. The van der Waals surface area contributed by atoms with E-state index in [2.05, 4.69) is 26.2 Å². The van der Waals surface area contributed by atoms with E-state index in [9.17, 15) is 0 Å². The molecule has 2 nitrogen and oxygen atoms in total. The minimum absolute atomic E-state index is 0.616. The van der Waals surface area contributed by atoms with Crippen molar-refractivity contribution in [1.82, 2.24) is 9.97 Å². The summed E-state index contributed by atoms with van der Waals surface area (Å²) in [5.74, 6) is 6.49. The molecule has 0 aromatic carbocycles. The van der Waals surface area contributed by atoms with Crippen LogP contribution in [0.1, 0.15) is 146 Å². The molecule has 0 bridgehead atoms. The van der Waals surface area contributed by atoms with E-state index in [1.165, 1.54) is 115 Å². The van der Waals surface area contributed by atoms with E-state index in [4.69, 9.17) is 9.97 Å². The second-order valence-electron chi connectivity index (χ2n) is 11.4. The SMILES string of the molecule is CCCCCC1CCC(c2ncc(C3CCC(C4CCC(CC)CC4)CC3)cn2)CC1. The summed E-state index contributed by atoms with van der Waals surface area (Å²) in [7, 11) is 0. The van der Waals surface area contributed by atoms with E-state index >= 15 is 0 Å². The molecular formula is C29H48N2. The Bertz CT molecular complexity index is 615. The number of hydrogen-bond acceptors (Lipinski definition) is 2. The Balaban J connectivity index is 1.21. The zero-order chi connectivity index (χ0) is 21.5. The third-order valence-corrected chi connectivity index (χ3v) is 9.50. The Morgan fingerprint density at radius 1 is 0.645 bits per heavy atom. The van der Waals surface area contributed by atoms with Gasteiger partial charge in [-0.25, -0.2) is 9.97 Å². The lowest BCUT2D eigenvalue weighted by molar-refractivity contribution is 0.158. The smallest absolute Gasteiger partial charge is 0.131 e. The molecule has 0 N–H and O–H groups in total. The molecule has 0 spiro atoms. The molecule has 2 heteroatoms. The van der Waals surface area contributed by atoms with Crippen LogP contribution in [0, 0.1) is 23.7 Å². The van der Waals surface area contributed by atoms with Gasteiger partial charge in [0.1, 0.15) is 5.82 Å². The number of unbranched alkanes of at least 4 members (excludes halogenated alkanes) is 2. The lowest BCUT2D eigenvalue weighted by atomic mass is 9.68. The van der Waals surface area contributed by atoms with Gasteiger partial charge in [0.2, 0.25) is 0 Å². The first kappa shape index (κ1) is 23.2. The molecule has 3 aliphatic carbocycles. The van der Waals surface area contributed by atoms with E-state index in [-0.39, 0.29) is 0 Å². The summed E-state index contributed by atoms with van der Waals surface area (Å²) in [6, 6.07) is 0. The summed E-state index contributed by atoms with van der Waals surface area (Å²) in [5.41, 5.74) is 1.42. The van der Waals surface area contributed by atoms with Gasteiger partial charge in [0, 0.05) is 18.3 Å². The maximum atomic E-state index is 4.89. The molecule has 0 radical (unpaired) electrons. The summed E-state index contributed by atoms with van der Waals surface area (Å²) in [6.07, 6.45) is 28.4. The number of nitrogens with zero attached hydrogens (tertiary/aromatic N) is 2. The van der Waals surface area contributed by atoms with Gasteiger partial charge in [-0.1, -0.05) is 58.8 Å². The van der Waals surface area contributed by atoms with E-state index in [0.29, 0.717) is 11.8 Å². The van der Waals surface area contributed by atoms with Crippen molar-refractivity contribution >= 4 is 0 Å². The molecule has 0 unspecified atom stereocenters. The summed E-state index contributed by atoms with van der Waals surface area (Å²) in [6.45, 7) is 4.69. The Hall–Kier alpha value is -0.920. The molecule has 1 aromatic heterocycles. The topological polar surface area (TPSA) is 25.8 Å². The van der Waals surface area contributed by atoms with Gasteiger partial charge in [0.25, 0.3) is 0 Å². The second kappa shape index (κ2) is 11.8. The minimum Gasteiger partial charge on any atom is -0.241 e. The van der Waals surface area contributed by atoms with Crippen molar-refractivity contribution in [2.24, 2.45) is 23.7 Å². The highest BCUT2D eigenvalue weighted by Crippen LogP contribution is 2.44. The molecule has 0 saturated heterocycles. The first-order valence-corrected chi connectivity index (χ1v) is 14.1. The van der Waals surface area contributed by atoms with Crippen LogP contribution >= 0.6 is 0 Å². The van der Waals surface area contributed by atoms with Gasteiger partial charge in [0.15, 0.2) is 0 Å². The van der Waals surface area contributed by atoms with Crippen LogP contribution in [0.25, 0.3) is 0 Å². The highest BCUT2D eigenvalue weighted by molar-refractivity contribution is 5.14. The maximum absolute atomic E-state index is 4.89. The van der Waals surface area contributed by atoms with Crippen LogP contribution in [-0.2, 0) is 0 Å². The molecule has 3 fully saturated rings. The van der Waals surface area contributed by atoms with Crippen molar-refractivity contribution in [3.8, 4) is 0 Å². The molecule has 3 aliphatic rings. The first-order chi connectivity index (χ1) is 15.3. The monoisotopic (exact) mass is 424 g/mol. The van der Waals surface area contributed by atoms with Crippen LogP contribution in [0.3, 0.4) is 0 Å². The highest BCUT2D eigenvalue weighted by atomic mass is 14.9. The first-order valence-electron chi connectivity index (χ1n) is 14.1. The fourth-order valence-electron chi connectivity index (χ4n) is 7.15. The predicted molar refractivity (Wildman–Crippen MR) is 131 cm³/mol. The van der Waals surface area contributed by atoms with E-state index < -0.39 is 0 Å². The predicted octanol–water partition coefficient (Wildman–Crippen LogP) is 8.82. The van der Waals surface area contributed by atoms with Crippen LogP contribution in [-0.4, -0.2) is 9.97 Å². The third kappa shape index (κ3) is 6.32. The quantitative estimate of drug-likeness (QED) is 0.389. The lowest BCUT2D eigenvalue weighted by Crippen LogP contribution is -2.25. The van der Waals surface area contributed by atoms with Gasteiger partial charge in [-0.15, -0.1) is 0 Å².